The molecule has 3 heterocycles. The van der Waals surface area contributed by atoms with E-state index in [0.717, 1.165) is 45.0 Å². The van der Waals surface area contributed by atoms with Crippen molar-refractivity contribution in [3.05, 3.63) is 22.6 Å². The first-order chi connectivity index (χ1) is 9.78. The van der Waals surface area contributed by atoms with Gasteiger partial charge in [0.15, 0.2) is 5.65 Å². The van der Waals surface area contributed by atoms with Gasteiger partial charge in [-0.3, -0.25) is 0 Å². The fourth-order valence-corrected chi connectivity index (χ4v) is 2.74. The van der Waals surface area contributed by atoms with Crippen LogP contribution in [0, 0.1) is 0 Å². The Morgan fingerprint density at radius 2 is 2.15 bits per heavy atom. The van der Waals surface area contributed by atoms with E-state index in [-0.39, 0.29) is 5.69 Å². The number of nitrogens with one attached hydrogen (secondary N) is 1. The van der Waals surface area contributed by atoms with Crippen molar-refractivity contribution in [3.63, 3.8) is 0 Å². The lowest BCUT2D eigenvalue weighted by atomic mass is 10.3. The molecule has 1 aliphatic rings. The molecule has 0 aliphatic carbocycles. The zero-order valence-corrected chi connectivity index (χ0v) is 11.9. The minimum Gasteiger partial charge on any atom is -0.354 e. The van der Waals surface area contributed by atoms with E-state index >= 15 is 0 Å². The van der Waals surface area contributed by atoms with Crippen molar-refractivity contribution < 1.29 is 0 Å². The van der Waals surface area contributed by atoms with E-state index in [0.29, 0.717) is 11.5 Å². The van der Waals surface area contributed by atoms with E-state index in [2.05, 4.69) is 25.1 Å². The second-order valence-electron chi connectivity index (χ2n) is 4.86. The summed E-state index contributed by atoms with van der Waals surface area (Å²) in [6, 6.07) is 3.72. The number of hydrogen-bond donors (Lipinski definition) is 1. The van der Waals surface area contributed by atoms with E-state index in [4.69, 9.17) is 11.6 Å². The number of hydrogen-bond acceptors (Lipinski definition) is 5. The van der Waals surface area contributed by atoms with Gasteiger partial charge in [-0.05, 0) is 25.1 Å². The molecule has 0 aromatic carbocycles. The molecule has 2 aromatic rings. The quantitative estimate of drug-likeness (QED) is 0.818. The first kappa shape index (κ1) is 13.4. The van der Waals surface area contributed by atoms with Gasteiger partial charge >= 0.3 is 5.69 Å². The Morgan fingerprint density at radius 3 is 3.00 bits per heavy atom. The first-order valence-electron chi connectivity index (χ1n) is 6.75. The van der Waals surface area contributed by atoms with Gasteiger partial charge in [0, 0.05) is 32.1 Å². The average molecular weight is 297 g/mol. The first-order valence-corrected chi connectivity index (χ1v) is 7.29. The third-order valence-electron chi connectivity index (χ3n) is 3.57. The molecule has 1 fully saturated rings. The van der Waals surface area contributed by atoms with Crippen molar-refractivity contribution in [1.29, 1.82) is 0 Å². The van der Waals surface area contributed by atoms with Crippen molar-refractivity contribution in [3.8, 4) is 0 Å². The van der Waals surface area contributed by atoms with E-state index < -0.39 is 0 Å². The largest absolute Gasteiger partial charge is 0.364 e. The van der Waals surface area contributed by atoms with Crippen molar-refractivity contribution in [2.24, 2.45) is 0 Å². The highest BCUT2D eigenvalue weighted by Gasteiger charge is 2.16. The number of H-pyrrole nitrogens is 1. The van der Waals surface area contributed by atoms with Gasteiger partial charge in [-0.15, -0.1) is 16.7 Å². The van der Waals surface area contributed by atoms with E-state index in [1.807, 2.05) is 12.1 Å². The Morgan fingerprint density at radius 1 is 1.25 bits per heavy atom. The zero-order valence-electron chi connectivity index (χ0n) is 11.1. The molecule has 8 heteroatoms. The van der Waals surface area contributed by atoms with Crippen molar-refractivity contribution in [2.45, 2.75) is 6.42 Å². The van der Waals surface area contributed by atoms with Gasteiger partial charge in [0.2, 0.25) is 0 Å². The third kappa shape index (κ3) is 2.64. The number of halogens is 1. The van der Waals surface area contributed by atoms with E-state index in [9.17, 15) is 4.79 Å². The predicted octanol–water partition coefficient (Wildman–Crippen LogP) is 0.168. The molecule has 7 nitrogen and oxygen atoms in total. The predicted molar refractivity (Wildman–Crippen MR) is 77.6 cm³/mol. The molecule has 2 aromatic heterocycles. The van der Waals surface area contributed by atoms with E-state index in [1.165, 1.54) is 4.52 Å². The fraction of sp³-hybridized carbons (Fsp3) is 0.583. The fourth-order valence-electron chi connectivity index (χ4n) is 2.51. The topological polar surface area (TPSA) is 69.5 Å². The molecular formula is C12H17ClN6O. The minimum absolute atomic E-state index is 0.305. The van der Waals surface area contributed by atoms with Crippen LogP contribution in [0.2, 0.25) is 0 Å². The zero-order chi connectivity index (χ0) is 13.9. The molecular weight excluding hydrogens is 280 g/mol. The molecule has 0 unspecified atom stereocenters. The molecule has 108 valence electrons. The summed E-state index contributed by atoms with van der Waals surface area (Å²) < 4.78 is 1.30. The average Bonchev–Trinajstić information content (AvgIpc) is 2.69. The standard InChI is InChI=1S/C12H17ClN6O/c13-4-7-17-5-1-6-18(9-8-17)11-3-2-10-14-15-12(20)19(10)16-11/h2-3H,1,4-9H2,(H,15,20). The Balaban J connectivity index is 1.80. The smallest absolute Gasteiger partial charge is 0.354 e. The summed E-state index contributed by atoms with van der Waals surface area (Å²) in [6.07, 6.45) is 1.07. The maximum absolute atomic E-state index is 11.6. The van der Waals surface area contributed by atoms with Gasteiger partial charge in [-0.1, -0.05) is 0 Å². The molecule has 1 saturated heterocycles. The van der Waals surface area contributed by atoms with Crippen LogP contribution < -0.4 is 10.6 Å². The summed E-state index contributed by atoms with van der Waals surface area (Å²) in [6.45, 7) is 4.76. The lowest BCUT2D eigenvalue weighted by Gasteiger charge is -2.22. The van der Waals surface area contributed by atoms with E-state index in [1.54, 1.807) is 0 Å². The minimum atomic E-state index is -0.305. The number of alkyl halides is 1. The van der Waals surface area contributed by atoms with Crippen LogP contribution in [0.1, 0.15) is 6.42 Å². The Bertz CT molecular complexity index is 638. The Labute approximate surface area is 121 Å². The molecule has 0 spiro atoms. The summed E-state index contributed by atoms with van der Waals surface area (Å²) in [5, 5.41) is 10.6. The number of nitrogens with zero attached hydrogens (tertiary/aromatic N) is 5. The maximum Gasteiger partial charge on any atom is 0.364 e. The van der Waals surface area contributed by atoms with Crippen LogP contribution in [0.25, 0.3) is 5.65 Å². The van der Waals surface area contributed by atoms with Gasteiger partial charge in [0.25, 0.3) is 0 Å². The normalized spacial score (nSPS) is 17.6. The van der Waals surface area contributed by atoms with Crippen molar-refractivity contribution in [1.82, 2.24) is 24.7 Å². The molecule has 1 N–H and O–H groups in total. The molecule has 3 rings (SSSR count). The molecule has 0 radical (unpaired) electrons. The molecule has 1 aliphatic heterocycles. The molecule has 0 saturated carbocycles. The molecule has 0 bridgehead atoms. The second kappa shape index (κ2) is 5.80. The van der Waals surface area contributed by atoms with Crippen LogP contribution >= 0.6 is 11.6 Å². The van der Waals surface area contributed by atoms with Crippen LogP contribution in [0.4, 0.5) is 5.82 Å². The summed E-state index contributed by atoms with van der Waals surface area (Å²) in [7, 11) is 0. The SMILES string of the molecule is O=c1[nH]nc2ccc(N3CCCN(CCCl)CC3)nn12. The van der Waals surface area contributed by atoms with Crippen molar-refractivity contribution >= 4 is 23.1 Å². The van der Waals surface area contributed by atoms with Gasteiger partial charge in [0.1, 0.15) is 5.82 Å². The summed E-state index contributed by atoms with van der Waals surface area (Å²) in [5.74, 6) is 1.47. The van der Waals surface area contributed by atoms with Crippen LogP contribution in [0.3, 0.4) is 0 Å². The number of aromatic amines is 1. The van der Waals surface area contributed by atoms with Gasteiger partial charge in [-0.2, -0.15) is 9.61 Å². The molecule has 0 atom stereocenters. The molecule has 20 heavy (non-hydrogen) atoms. The van der Waals surface area contributed by atoms with Crippen LogP contribution in [0.15, 0.2) is 16.9 Å². The lowest BCUT2D eigenvalue weighted by molar-refractivity contribution is 0.311. The monoisotopic (exact) mass is 296 g/mol. The summed E-state index contributed by atoms with van der Waals surface area (Å²) >= 11 is 5.80. The van der Waals surface area contributed by atoms with Crippen molar-refractivity contribution in [2.75, 3.05) is 43.5 Å². The number of fused-ring (bicyclic) bond motifs is 1. The Kier molecular flexibility index (Phi) is 3.88. The Hall–Kier alpha value is -1.60. The van der Waals surface area contributed by atoms with Crippen LogP contribution in [-0.2, 0) is 0 Å². The van der Waals surface area contributed by atoms with Crippen LogP contribution in [0.5, 0.6) is 0 Å². The lowest BCUT2D eigenvalue weighted by Crippen LogP contribution is -2.32. The highest BCUT2D eigenvalue weighted by atomic mass is 35.5. The van der Waals surface area contributed by atoms with Crippen LogP contribution in [-0.4, -0.2) is 63.3 Å². The third-order valence-corrected chi connectivity index (χ3v) is 3.74. The second-order valence-corrected chi connectivity index (χ2v) is 5.24. The maximum atomic E-state index is 11.6. The number of anilines is 1. The van der Waals surface area contributed by atoms with Gasteiger partial charge in [-0.25, -0.2) is 9.89 Å². The molecule has 0 amide bonds. The summed E-state index contributed by atoms with van der Waals surface area (Å²) in [4.78, 5) is 16.1. The number of aromatic nitrogens is 4. The highest BCUT2D eigenvalue weighted by Crippen LogP contribution is 2.13. The summed E-state index contributed by atoms with van der Waals surface area (Å²) in [5.41, 5.74) is 0.234. The van der Waals surface area contributed by atoms with Gasteiger partial charge < -0.3 is 9.80 Å². The van der Waals surface area contributed by atoms with Gasteiger partial charge in [0.05, 0.1) is 0 Å². The number of rotatable bonds is 3. The highest BCUT2D eigenvalue weighted by molar-refractivity contribution is 6.18.